The average Bonchev–Trinajstić information content (AvgIpc) is 3.19. The summed E-state index contributed by atoms with van der Waals surface area (Å²) in [6, 6.07) is 3.29. The Morgan fingerprint density at radius 3 is 2.61 bits per heavy atom. The van der Waals surface area contributed by atoms with Crippen LogP contribution in [0.1, 0.15) is 25.0 Å². The Morgan fingerprint density at radius 2 is 1.94 bits per heavy atom. The Labute approximate surface area is 175 Å². The van der Waals surface area contributed by atoms with Crippen molar-refractivity contribution in [3.63, 3.8) is 0 Å². The van der Waals surface area contributed by atoms with Crippen molar-refractivity contribution in [1.29, 1.82) is 0 Å². The third-order valence-electron chi connectivity index (χ3n) is 3.73. The lowest BCUT2D eigenvalue weighted by Gasteiger charge is -2.14. The van der Waals surface area contributed by atoms with Crippen molar-refractivity contribution in [2.24, 2.45) is 0 Å². The zero-order valence-corrected chi connectivity index (χ0v) is 16.6. The van der Waals surface area contributed by atoms with Crippen LogP contribution < -0.4 is 4.74 Å². The first-order chi connectivity index (χ1) is 14.7. The average molecular weight is 433 g/mol. The minimum atomic E-state index is -4.55. The number of aromatic nitrogens is 5. The molecule has 3 rings (SSSR count). The van der Waals surface area contributed by atoms with Gasteiger partial charge in [-0.05, 0) is 32.0 Å². The highest BCUT2D eigenvalue weighted by molar-refractivity contribution is 5.84. The molecule has 0 N–H and O–H groups in total. The summed E-state index contributed by atoms with van der Waals surface area (Å²) in [5, 5.41) is 4.08. The van der Waals surface area contributed by atoms with Crippen molar-refractivity contribution in [2.75, 3.05) is 0 Å². The quantitative estimate of drug-likeness (QED) is 0.414. The summed E-state index contributed by atoms with van der Waals surface area (Å²) in [5.41, 5.74) is -0.124. The number of halogens is 3. The van der Waals surface area contributed by atoms with Crippen LogP contribution in [0.15, 0.2) is 49.3 Å². The van der Waals surface area contributed by atoms with Gasteiger partial charge in [0.25, 0.3) is 0 Å². The van der Waals surface area contributed by atoms with Crippen LogP contribution in [0.25, 0.3) is 17.6 Å². The monoisotopic (exact) mass is 433 g/mol. The predicted molar refractivity (Wildman–Crippen MR) is 103 cm³/mol. The highest BCUT2D eigenvalue weighted by Crippen LogP contribution is 2.35. The molecule has 0 saturated heterocycles. The maximum Gasteiger partial charge on any atom is 0.416 e. The molecule has 0 spiro atoms. The second-order valence-electron chi connectivity index (χ2n) is 6.63. The van der Waals surface area contributed by atoms with Gasteiger partial charge in [-0.25, -0.2) is 24.4 Å². The van der Waals surface area contributed by atoms with E-state index in [4.69, 9.17) is 9.47 Å². The zero-order chi connectivity index (χ0) is 22.4. The van der Waals surface area contributed by atoms with E-state index in [1.54, 1.807) is 13.8 Å². The molecule has 2 heterocycles. The number of rotatable bonds is 7. The Hall–Kier alpha value is -3.76. The topological polar surface area (TPSA) is 92.0 Å². The summed E-state index contributed by atoms with van der Waals surface area (Å²) in [5.74, 6) is -0.549. The third-order valence-corrected chi connectivity index (χ3v) is 3.73. The van der Waals surface area contributed by atoms with Gasteiger partial charge in [0, 0.05) is 35.8 Å². The van der Waals surface area contributed by atoms with Crippen LogP contribution in [0, 0.1) is 0 Å². The summed E-state index contributed by atoms with van der Waals surface area (Å²) in [6.07, 6.45) is 3.17. The summed E-state index contributed by atoms with van der Waals surface area (Å²) < 4.78 is 51.4. The molecule has 11 heteroatoms. The number of nitrogens with zero attached hydrogens (tertiary/aromatic N) is 5. The zero-order valence-electron chi connectivity index (χ0n) is 16.6. The lowest BCUT2D eigenvalue weighted by molar-refractivity contribution is -0.139. The molecule has 0 aliphatic rings. The van der Waals surface area contributed by atoms with Gasteiger partial charge in [0.2, 0.25) is 0 Å². The van der Waals surface area contributed by atoms with Crippen LogP contribution in [0.4, 0.5) is 13.2 Å². The van der Waals surface area contributed by atoms with Crippen molar-refractivity contribution >= 4 is 12.2 Å². The van der Waals surface area contributed by atoms with Crippen molar-refractivity contribution in [2.45, 2.75) is 32.7 Å². The lowest BCUT2D eigenvalue weighted by atomic mass is 10.1. The van der Waals surface area contributed by atoms with Gasteiger partial charge >= 0.3 is 12.1 Å². The first-order valence-electron chi connectivity index (χ1n) is 9.10. The number of esters is 1. The second kappa shape index (κ2) is 9.37. The fraction of sp³-hybridized carbons (Fsp3) is 0.250. The van der Waals surface area contributed by atoms with Gasteiger partial charge in [-0.2, -0.15) is 13.2 Å². The number of hydrogen-bond donors (Lipinski definition) is 0. The molecular formula is C20H18F3N5O3. The van der Waals surface area contributed by atoms with E-state index < -0.39 is 17.7 Å². The fourth-order valence-corrected chi connectivity index (χ4v) is 2.46. The second-order valence-corrected chi connectivity index (χ2v) is 6.63. The molecule has 0 bridgehead atoms. The smallest absolute Gasteiger partial charge is 0.416 e. The molecule has 31 heavy (non-hydrogen) atoms. The van der Waals surface area contributed by atoms with Gasteiger partial charge in [0.15, 0.2) is 5.82 Å². The highest BCUT2D eigenvalue weighted by atomic mass is 19.4. The molecule has 8 nitrogen and oxygen atoms in total. The first-order valence-corrected chi connectivity index (χ1v) is 9.10. The summed E-state index contributed by atoms with van der Waals surface area (Å²) in [4.78, 5) is 23.4. The predicted octanol–water partition coefficient (Wildman–Crippen LogP) is 3.76. The molecule has 0 aliphatic carbocycles. The fourth-order valence-electron chi connectivity index (χ4n) is 2.46. The molecule has 0 amide bonds. The number of hydrogen-bond acceptors (Lipinski definition) is 7. The van der Waals surface area contributed by atoms with Gasteiger partial charge in [-0.1, -0.05) is 0 Å². The molecule has 0 unspecified atom stereocenters. The standard InChI is InChI=1S/C20H18F3N5O3/c1-13(2)31-17-6-15(5-16(7-17)20(21,22)23)19-26-12-28(27-19)4-3-18(29)30-10-14-8-24-11-25-9-14/h3-9,11-13H,10H2,1-2H3/b4-3+. The molecular weight excluding hydrogens is 415 g/mol. The number of alkyl halides is 3. The van der Waals surface area contributed by atoms with E-state index in [1.165, 1.54) is 42.0 Å². The minimum absolute atomic E-state index is 0.00448. The van der Waals surface area contributed by atoms with Gasteiger partial charge in [0.1, 0.15) is 25.0 Å². The number of carbonyl (C=O) groups is 1. The van der Waals surface area contributed by atoms with E-state index in [0.29, 0.717) is 5.56 Å². The van der Waals surface area contributed by atoms with E-state index in [2.05, 4.69) is 20.1 Å². The molecule has 0 aliphatic heterocycles. The maximum atomic E-state index is 13.2. The van der Waals surface area contributed by atoms with Crippen molar-refractivity contribution in [3.05, 3.63) is 60.5 Å². The van der Waals surface area contributed by atoms with Gasteiger partial charge < -0.3 is 9.47 Å². The molecule has 3 aromatic rings. The van der Waals surface area contributed by atoms with Gasteiger partial charge in [-0.15, -0.1) is 5.10 Å². The minimum Gasteiger partial charge on any atom is -0.491 e. The Balaban J connectivity index is 1.73. The summed E-state index contributed by atoms with van der Waals surface area (Å²) in [7, 11) is 0. The van der Waals surface area contributed by atoms with Crippen molar-refractivity contribution < 1.29 is 27.4 Å². The largest absolute Gasteiger partial charge is 0.491 e. The molecule has 0 saturated carbocycles. The Morgan fingerprint density at radius 1 is 1.19 bits per heavy atom. The maximum absolute atomic E-state index is 13.2. The first kappa shape index (κ1) is 21.9. The molecule has 0 radical (unpaired) electrons. The molecule has 2 aromatic heterocycles. The SMILES string of the molecule is CC(C)Oc1cc(-c2ncn(/C=C/C(=O)OCc3cncnc3)n2)cc(C(F)(F)F)c1. The van der Waals surface area contributed by atoms with Crippen LogP contribution in [-0.4, -0.2) is 36.8 Å². The highest BCUT2D eigenvalue weighted by Gasteiger charge is 2.32. The van der Waals surface area contributed by atoms with Crippen molar-refractivity contribution in [1.82, 2.24) is 24.7 Å². The van der Waals surface area contributed by atoms with Crippen molar-refractivity contribution in [3.8, 4) is 17.1 Å². The number of benzene rings is 1. The lowest BCUT2D eigenvalue weighted by Crippen LogP contribution is -2.09. The number of carbonyl (C=O) groups excluding carboxylic acids is 1. The van der Waals surface area contributed by atoms with Gasteiger partial charge in [0.05, 0.1) is 11.7 Å². The molecule has 162 valence electrons. The molecule has 0 atom stereocenters. The van der Waals surface area contributed by atoms with Crippen LogP contribution in [0.2, 0.25) is 0 Å². The van der Waals surface area contributed by atoms with Crippen LogP contribution in [-0.2, 0) is 22.3 Å². The molecule has 1 aromatic carbocycles. The van der Waals surface area contributed by atoms with Crippen LogP contribution >= 0.6 is 0 Å². The van der Waals surface area contributed by atoms with Gasteiger partial charge in [-0.3, -0.25) is 0 Å². The third kappa shape index (κ3) is 6.36. The normalized spacial score (nSPS) is 11.8. The van der Waals surface area contributed by atoms with E-state index in [9.17, 15) is 18.0 Å². The Bertz CT molecular complexity index is 1070. The number of ether oxygens (including phenoxy) is 2. The van der Waals surface area contributed by atoms with E-state index in [-0.39, 0.29) is 29.8 Å². The summed E-state index contributed by atoms with van der Waals surface area (Å²) in [6.45, 7) is 3.42. The van der Waals surface area contributed by atoms with E-state index in [0.717, 1.165) is 18.2 Å². The van der Waals surface area contributed by atoms with Crippen LogP contribution in [0.3, 0.4) is 0 Å². The van der Waals surface area contributed by atoms with E-state index >= 15 is 0 Å². The van der Waals surface area contributed by atoms with E-state index in [1.807, 2.05) is 0 Å². The van der Waals surface area contributed by atoms with Crippen LogP contribution in [0.5, 0.6) is 5.75 Å². The summed E-state index contributed by atoms with van der Waals surface area (Å²) >= 11 is 0. The Kier molecular flexibility index (Phi) is 6.63. The molecule has 0 fully saturated rings.